The molecule has 0 saturated carbocycles. The monoisotopic (exact) mass is 418 g/mol. The topological polar surface area (TPSA) is 101 Å². The van der Waals surface area contributed by atoms with Crippen molar-refractivity contribution in [3.8, 4) is 11.5 Å². The van der Waals surface area contributed by atoms with Gasteiger partial charge in [-0.1, -0.05) is 0 Å². The molecule has 3 heterocycles. The highest BCUT2D eigenvalue weighted by Crippen LogP contribution is 2.32. The second-order valence-electron chi connectivity index (χ2n) is 6.72. The zero-order valence-corrected chi connectivity index (χ0v) is 16.6. The number of nitrogens with zero attached hydrogens (tertiary/aromatic N) is 3. The van der Waals surface area contributed by atoms with Crippen LogP contribution in [0.5, 0.6) is 11.5 Å². The second kappa shape index (κ2) is 8.26. The van der Waals surface area contributed by atoms with Gasteiger partial charge in [-0.25, -0.2) is 13.2 Å². The van der Waals surface area contributed by atoms with Gasteiger partial charge in [0.2, 0.25) is 10.0 Å². The molecule has 2 amide bonds. The Labute approximate surface area is 169 Å². The summed E-state index contributed by atoms with van der Waals surface area (Å²) in [6, 6.07) is 8.10. The molecule has 2 aliphatic heterocycles. The van der Waals surface area contributed by atoms with Crippen molar-refractivity contribution < 1.29 is 22.7 Å². The van der Waals surface area contributed by atoms with Gasteiger partial charge in [-0.05, 0) is 24.3 Å². The van der Waals surface area contributed by atoms with Gasteiger partial charge in [0, 0.05) is 56.7 Å². The highest BCUT2D eigenvalue weighted by Gasteiger charge is 2.30. The molecule has 0 spiro atoms. The first-order chi connectivity index (χ1) is 14.0. The van der Waals surface area contributed by atoms with Crippen LogP contribution in [0, 0.1) is 0 Å². The second-order valence-corrected chi connectivity index (χ2v) is 8.66. The molecule has 4 rings (SSSR count). The molecule has 0 unspecified atom stereocenters. The lowest BCUT2D eigenvalue weighted by Crippen LogP contribution is -2.51. The molecule has 9 nitrogen and oxygen atoms in total. The van der Waals surface area contributed by atoms with Crippen LogP contribution in [-0.4, -0.2) is 68.0 Å². The Bertz CT molecular complexity index is 975. The molecule has 1 saturated heterocycles. The molecule has 0 radical (unpaired) electrons. The maximum atomic E-state index is 12.7. The van der Waals surface area contributed by atoms with Gasteiger partial charge in [-0.2, -0.15) is 4.31 Å². The summed E-state index contributed by atoms with van der Waals surface area (Å²) in [6.45, 7) is 2.23. The molecule has 1 aromatic carbocycles. The molecule has 0 bridgehead atoms. The lowest BCUT2D eigenvalue weighted by molar-refractivity contribution is 0.184. The Morgan fingerprint density at radius 3 is 2.52 bits per heavy atom. The van der Waals surface area contributed by atoms with E-state index in [0.717, 1.165) is 6.42 Å². The van der Waals surface area contributed by atoms with Crippen LogP contribution < -0.4 is 14.8 Å². The van der Waals surface area contributed by atoms with E-state index in [9.17, 15) is 13.2 Å². The average molecular weight is 418 g/mol. The van der Waals surface area contributed by atoms with Crippen LogP contribution in [-0.2, 0) is 10.0 Å². The fourth-order valence-electron chi connectivity index (χ4n) is 3.22. The van der Waals surface area contributed by atoms with Gasteiger partial charge in [-0.3, -0.25) is 4.98 Å². The number of benzene rings is 1. The number of sulfonamides is 1. The smallest absolute Gasteiger partial charge is 0.321 e. The number of aromatic nitrogens is 1. The fourth-order valence-corrected chi connectivity index (χ4v) is 4.61. The number of piperazine rings is 1. The molecule has 1 aromatic heterocycles. The average Bonchev–Trinajstić information content (AvgIpc) is 2.99. The van der Waals surface area contributed by atoms with Crippen molar-refractivity contribution in [2.24, 2.45) is 0 Å². The first-order valence-electron chi connectivity index (χ1n) is 9.40. The van der Waals surface area contributed by atoms with Crippen LogP contribution in [0.4, 0.5) is 10.5 Å². The van der Waals surface area contributed by atoms with E-state index in [1.165, 1.54) is 22.8 Å². The zero-order valence-electron chi connectivity index (χ0n) is 15.8. The molecular weight excluding hydrogens is 396 g/mol. The third-order valence-electron chi connectivity index (χ3n) is 4.80. The molecular formula is C19H22N4O5S. The van der Waals surface area contributed by atoms with Crippen molar-refractivity contribution >= 4 is 21.7 Å². The van der Waals surface area contributed by atoms with E-state index in [2.05, 4.69) is 10.3 Å². The maximum absolute atomic E-state index is 12.7. The fraction of sp³-hybridized carbons (Fsp3) is 0.368. The minimum Gasteiger partial charge on any atom is -0.490 e. The van der Waals surface area contributed by atoms with E-state index >= 15 is 0 Å². The Balaban J connectivity index is 1.37. The predicted molar refractivity (Wildman–Crippen MR) is 106 cm³/mol. The maximum Gasteiger partial charge on any atom is 0.321 e. The summed E-state index contributed by atoms with van der Waals surface area (Å²) in [4.78, 5) is 18.2. The summed E-state index contributed by atoms with van der Waals surface area (Å²) in [6.07, 6.45) is 3.67. The number of hydrogen-bond donors (Lipinski definition) is 1. The largest absolute Gasteiger partial charge is 0.490 e. The van der Waals surface area contributed by atoms with Gasteiger partial charge < -0.3 is 19.7 Å². The Hall–Kier alpha value is -2.85. The number of pyridine rings is 1. The highest BCUT2D eigenvalue weighted by atomic mass is 32.2. The number of fused-ring (bicyclic) bond motifs is 1. The van der Waals surface area contributed by atoms with E-state index in [0.29, 0.717) is 43.5 Å². The van der Waals surface area contributed by atoms with Crippen LogP contribution in [0.3, 0.4) is 0 Å². The zero-order chi connectivity index (χ0) is 20.3. The standard InChI is InChI=1S/C19H22N4O5S/c24-19(21-15-4-5-17-18(13-15)28-12-2-11-27-17)22-7-9-23(10-8-22)29(25,26)16-3-1-6-20-14-16/h1,3-6,13-14H,2,7-12H2,(H,21,24). The summed E-state index contributed by atoms with van der Waals surface area (Å²) in [5, 5.41) is 2.84. The van der Waals surface area contributed by atoms with Crippen LogP contribution >= 0.6 is 0 Å². The Morgan fingerprint density at radius 1 is 1.03 bits per heavy atom. The van der Waals surface area contributed by atoms with E-state index in [-0.39, 0.29) is 24.0 Å². The summed E-state index contributed by atoms with van der Waals surface area (Å²) >= 11 is 0. The van der Waals surface area contributed by atoms with Crippen LogP contribution in [0.1, 0.15) is 6.42 Å². The lowest BCUT2D eigenvalue weighted by atomic mass is 10.2. The number of anilines is 1. The van der Waals surface area contributed by atoms with Crippen LogP contribution in [0.2, 0.25) is 0 Å². The summed E-state index contributed by atoms with van der Waals surface area (Å²) in [5.41, 5.74) is 0.602. The van der Waals surface area contributed by atoms with E-state index in [1.807, 2.05) is 0 Å². The number of urea groups is 1. The molecule has 0 aliphatic carbocycles. The Morgan fingerprint density at radius 2 is 1.79 bits per heavy atom. The van der Waals surface area contributed by atoms with Crippen molar-refractivity contribution in [3.63, 3.8) is 0 Å². The number of amides is 2. The first kappa shape index (κ1) is 19.5. The first-order valence-corrected chi connectivity index (χ1v) is 10.8. The van der Waals surface area contributed by atoms with Gasteiger partial charge in [0.25, 0.3) is 0 Å². The van der Waals surface area contributed by atoms with Crippen molar-refractivity contribution in [2.45, 2.75) is 11.3 Å². The van der Waals surface area contributed by atoms with Crippen molar-refractivity contribution in [3.05, 3.63) is 42.7 Å². The molecule has 2 aromatic rings. The molecule has 29 heavy (non-hydrogen) atoms. The van der Waals surface area contributed by atoms with Crippen LogP contribution in [0.25, 0.3) is 0 Å². The van der Waals surface area contributed by atoms with E-state index in [1.54, 1.807) is 29.2 Å². The normalized spacial score (nSPS) is 17.4. The number of hydrogen-bond acceptors (Lipinski definition) is 6. The number of nitrogens with one attached hydrogen (secondary N) is 1. The third-order valence-corrected chi connectivity index (χ3v) is 6.68. The summed E-state index contributed by atoms with van der Waals surface area (Å²) < 4.78 is 37.9. The molecule has 10 heteroatoms. The molecule has 1 N–H and O–H groups in total. The van der Waals surface area contributed by atoms with Crippen molar-refractivity contribution in [1.29, 1.82) is 0 Å². The van der Waals surface area contributed by atoms with E-state index < -0.39 is 10.0 Å². The van der Waals surface area contributed by atoms with Crippen molar-refractivity contribution in [2.75, 3.05) is 44.7 Å². The highest BCUT2D eigenvalue weighted by molar-refractivity contribution is 7.89. The van der Waals surface area contributed by atoms with Crippen molar-refractivity contribution in [1.82, 2.24) is 14.2 Å². The van der Waals surface area contributed by atoms with Gasteiger partial charge in [0.1, 0.15) is 4.90 Å². The molecule has 1 fully saturated rings. The third kappa shape index (κ3) is 4.28. The van der Waals surface area contributed by atoms with Gasteiger partial charge in [0.05, 0.1) is 13.2 Å². The number of carbonyl (C=O) groups excluding carboxylic acids is 1. The summed E-state index contributed by atoms with van der Waals surface area (Å²) in [5.74, 6) is 1.27. The minimum absolute atomic E-state index is 0.157. The molecule has 0 atom stereocenters. The van der Waals surface area contributed by atoms with Crippen LogP contribution in [0.15, 0.2) is 47.6 Å². The SMILES string of the molecule is O=C(Nc1ccc2c(c1)OCCCO2)N1CCN(S(=O)(=O)c2cccnc2)CC1. The van der Waals surface area contributed by atoms with Gasteiger partial charge >= 0.3 is 6.03 Å². The molecule has 154 valence electrons. The van der Waals surface area contributed by atoms with Gasteiger partial charge in [0.15, 0.2) is 11.5 Å². The molecule has 2 aliphatic rings. The lowest BCUT2D eigenvalue weighted by Gasteiger charge is -2.33. The van der Waals surface area contributed by atoms with Gasteiger partial charge in [-0.15, -0.1) is 0 Å². The van der Waals surface area contributed by atoms with E-state index in [4.69, 9.17) is 9.47 Å². The summed E-state index contributed by atoms with van der Waals surface area (Å²) in [7, 11) is -3.60. The number of ether oxygens (including phenoxy) is 2. The Kier molecular flexibility index (Phi) is 5.54. The number of carbonyl (C=O) groups is 1. The predicted octanol–water partition coefficient (Wildman–Crippen LogP) is 1.78. The minimum atomic E-state index is -3.60. The number of rotatable bonds is 3. The quantitative estimate of drug-likeness (QED) is 0.816.